The SMILES string of the molecule is C=C(C)C(=O)OC(C)C(=O)OC(=O)C(c1ccccc1)(c1ccccc1)c1ccccc1. The van der Waals surface area contributed by atoms with E-state index in [1.54, 1.807) is 0 Å². The van der Waals surface area contributed by atoms with Crippen LogP contribution in [0.25, 0.3) is 0 Å². The summed E-state index contributed by atoms with van der Waals surface area (Å²) in [5, 5.41) is 0. The number of carbonyl (C=O) groups is 3. The molecule has 0 amide bonds. The number of benzene rings is 3. The van der Waals surface area contributed by atoms with Crippen molar-refractivity contribution < 1.29 is 23.9 Å². The van der Waals surface area contributed by atoms with Crippen molar-refractivity contribution in [2.75, 3.05) is 0 Å². The molecule has 32 heavy (non-hydrogen) atoms. The van der Waals surface area contributed by atoms with Crippen molar-refractivity contribution in [1.29, 1.82) is 0 Å². The van der Waals surface area contributed by atoms with Crippen LogP contribution in [0.3, 0.4) is 0 Å². The topological polar surface area (TPSA) is 69.7 Å². The minimum atomic E-state index is -1.41. The number of hydrogen-bond acceptors (Lipinski definition) is 5. The molecule has 0 saturated carbocycles. The molecule has 0 radical (unpaired) electrons. The first-order valence-electron chi connectivity index (χ1n) is 10.2. The van der Waals surface area contributed by atoms with Crippen LogP contribution in [0.5, 0.6) is 0 Å². The standard InChI is InChI=1S/C27H24O5/c1-19(2)24(28)31-20(3)25(29)32-26(30)27(21-13-7-4-8-14-21,22-15-9-5-10-16-22)23-17-11-6-12-18-23/h4-18,20H,1H2,2-3H3. The van der Waals surface area contributed by atoms with Crippen LogP contribution in [0.1, 0.15) is 30.5 Å². The molecular weight excluding hydrogens is 404 g/mol. The van der Waals surface area contributed by atoms with Gasteiger partial charge in [-0.3, -0.25) is 0 Å². The van der Waals surface area contributed by atoms with E-state index in [4.69, 9.17) is 9.47 Å². The van der Waals surface area contributed by atoms with Crippen LogP contribution in [0.15, 0.2) is 103 Å². The van der Waals surface area contributed by atoms with E-state index >= 15 is 0 Å². The monoisotopic (exact) mass is 428 g/mol. The molecule has 1 atom stereocenters. The second kappa shape index (κ2) is 9.88. The molecular formula is C27H24O5. The van der Waals surface area contributed by atoms with Gasteiger partial charge in [-0.15, -0.1) is 0 Å². The van der Waals surface area contributed by atoms with E-state index in [1.807, 2.05) is 91.0 Å². The van der Waals surface area contributed by atoms with Gasteiger partial charge in [0.25, 0.3) is 0 Å². The fourth-order valence-corrected chi connectivity index (χ4v) is 3.48. The van der Waals surface area contributed by atoms with Crippen molar-refractivity contribution >= 4 is 17.9 Å². The van der Waals surface area contributed by atoms with Crippen molar-refractivity contribution in [2.45, 2.75) is 25.4 Å². The van der Waals surface area contributed by atoms with Gasteiger partial charge in [0.15, 0.2) is 6.10 Å². The molecule has 3 aromatic carbocycles. The van der Waals surface area contributed by atoms with Gasteiger partial charge in [0, 0.05) is 5.57 Å². The maximum absolute atomic E-state index is 13.8. The van der Waals surface area contributed by atoms with Crippen LogP contribution in [0.4, 0.5) is 0 Å². The lowest BCUT2D eigenvalue weighted by atomic mass is 9.69. The van der Waals surface area contributed by atoms with Gasteiger partial charge in [-0.25, -0.2) is 14.4 Å². The Morgan fingerprint density at radius 1 is 0.750 bits per heavy atom. The molecule has 0 spiro atoms. The number of ether oxygens (including phenoxy) is 2. The smallest absolute Gasteiger partial charge is 0.354 e. The van der Waals surface area contributed by atoms with E-state index < -0.39 is 29.4 Å². The summed E-state index contributed by atoms with van der Waals surface area (Å²) in [5.74, 6) is -2.48. The maximum atomic E-state index is 13.8. The average Bonchev–Trinajstić information content (AvgIpc) is 2.81. The molecule has 0 aliphatic heterocycles. The van der Waals surface area contributed by atoms with E-state index in [1.165, 1.54) is 13.8 Å². The van der Waals surface area contributed by atoms with E-state index in [-0.39, 0.29) is 5.57 Å². The summed E-state index contributed by atoms with van der Waals surface area (Å²) >= 11 is 0. The minimum absolute atomic E-state index is 0.142. The van der Waals surface area contributed by atoms with Crippen LogP contribution >= 0.6 is 0 Å². The first kappa shape index (κ1) is 22.7. The van der Waals surface area contributed by atoms with Crippen molar-refractivity contribution in [2.24, 2.45) is 0 Å². The van der Waals surface area contributed by atoms with Crippen LogP contribution in [0, 0.1) is 0 Å². The second-order valence-corrected chi connectivity index (χ2v) is 7.38. The Morgan fingerprint density at radius 2 is 1.12 bits per heavy atom. The minimum Gasteiger partial charge on any atom is -0.447 e. The van der Waals surface area contributed by atoms with Gasteiger partial charge in [-0.05, 0) is 30.5 Å². The molecule has 0 saturated heterocycles. The summed E-state index contributed by atoms with van der Waals surface area (Å²) < 4.78 is 10.4. The van der Waals surface area contributed by atoms with E-state index in [2.05, 4.69) is 6.58 Å². The Labute approximate surface area is 187 Å². The van der Waals surface area contributed by atoms with E-state index in [0.29, 0.717) is 16.7 Å². The maximum Gasteiger partial charge on any atom is 0.354 e. The molecule has 162 valence electrons. The zero-order valence-electron chi connectivity index (χ0n) is 18.0. The Bertz CT molecular complexity index is 1010. The lowest BCUT2D eigenvalue weighted by molar-refractivity contribution is -0.173. The highest BCUT2D eigenvalue weighted by Crippen LogP contribution is 2.40. The zero-order valence-corrected chi connectivity index (χ0v) is 18.0. The number of carbonyl (C=O) groups excluding carboxylic acids is 3. The van der Waals surface area contributed by atoms with Crippen molar-refractivity contribution in [3.05, 3.63) is 120 Å². The molecule has 0 aromatic heterocycles. The molecule has 0 N–H and O–H groups in total. The van der Waals surface area contributed by atoms with Crippen LogP contribution < -0.4 is 0 Å². The molecule has 5 nitrogen and oxygen atoms in total. The van der Waals surface area contributed by atoms with Crippen molar-refractivity contribution in [1.82, 2.24) is 0 Å². The molecule has 3 aromatic rings. The summed E-state index contributed by atoms with van der Waals surface area (Å²) in [6.07, 6.45) is -1.27. The largest absolute Gasteiger partial charge is 0.447 e. The van der Waals surface area contributed by atoms with Crippen LogP contribution in [0.2, 0.25) is 0 Å². The molecule has 0 bridgehead atoms. The Balaban J connectivity index is 2.10. The Kier molecular flexibility index (Phi) is 7.00. The highest BCUT2D eigenvalue weighted by atomic mass is 16.6. The van der Waals surface area contributed by atoms with Gasteiger partial charge < -0.3 is 9.47 Å². The summed E-state index contributed by atoms with van der Waals surface area (Å²) in [7, 11) is 0. The van der Waals surface area contributed by atoms with Gasteiger partial charge in [-0.2, -0.15) is 0 Å². The second-order valence-electron chi connectivity index (χ2n) is 7.38. The van der Waals surface area contributed by atoms with Gasteiger partial charge in [0.1, 0.15) is 5.41 Å². The first-order valence-corrected chi connectivity index (χ1v) is 10.2. The van der Waals surface area contributed by atoms with Crippen LogP contribution in [-0.4, -0.2) is 24.0 Å². The summed E-state index contributed by atoms with van der Waals surface area (Å²) in [4.78, 5) is 38.3. The van der Waals surface area contributed by atoms with Crippen LogP contribution in [-0.2, 0) is 29.3 Å². The van der Waals surface area contributed by atoms with E-state index in [9.17, 15) is 14.4 Å². The molecule has 3 rings (SSSR count). The molecule has 0 aliphatic carbocycles. The Morgan fingerprint density at radius 3 is 1.47 bits per heavy atom. The number of rotatable bonds is 7. The predicted octanol–water partition coefficient (Wildman–Crippen LogP) is 4.60. The number of esters is 3. The third-order valence-corrected chi connectivity index (χ3v) is 5.08. The molecule has 0 heterocycles. The first-order chi connectivity index (χ1) is 15.4. The zero-order chi connectivity index (χ0) is 23.1. The molecule has 0 aliphatic rings. The van der Waals surface area contributed by atoms with Gasteiger partial charge in [0.2, 0.25) is 0 Å². The average molecular weight is 428 g/mol. The highest BCUT2D eigenvalue weighted by Gasteiger charge is 2.46. The molecule has 5 heteroatoms. The van der Waals surface area contributed by atoms with Gasteiger partial charge in [-0.1, -0.05) is 97.6 Å². The normalized spacial score (nSPS) is 11.8. The fraction of sp³-hybridized carbons (Fsp3) is 0.148. The summed E-state index contributed by atoms with van der Waals surface area (Å²) in [6.45, 7) is 6.31. The predicted molar refractivity (Wildman–Crippen MR) is 121 cm³/mol. The Hall–Kier alpha value is -3.99. The number of hydrogen-bond donors (Lipinski definition) is 0. The fourth-order valence-electron chi connectivity index (χ4n) is 3.48. The molecule has 0 fully saturated rings. The van der Waals surface area contributed by atoms with E-state index in [0.717, 1.165) is 0 Å². The van der Waals surface area contributed by atoms with Gasteiger partial charge in [0.05, 0.1) is 0 Å². The van der Waals surface area contributed by atoms with Crippen molar-refractivity contribution in [3.63, 3.8) is 0 Å². The third kappa shape index (κ3) is 4.52. The highest BCUT2D eigenvalue weighted by molar-refractivity contribution is 5.99. The third-order valence-electron chi connectivity index (χ3n) is 5.08. The quantitative estimate of drug-likeness (QED) is 0.238. The summed E-state index contributed by atoms with van der Waals surface area (Å²) in [5.41, 5.74) is 0.658. The lowest BCUT2D eigenvalue weighted by Crippen LogP contribution is -2.42. The lowest BCUT2D eigenvalue weighted by Gasteiger charge is -2.33. The van der Waals surface area contributed by atoms with Gasteiger partial charge >= 0.3 is 17.9 Å². The van der Waals surface area contributed by atoms with Crippen molar-refractivity contribution in [3.8, 4) is 0 Å². The summed E-state index contributed by atoms with van der Waals surface area (Å²) in [6, 6.07) is 27.4. The molecule has 1 unspecified atom stereocenters.